The van der Waals surface area contributed by atoms with Gasteiger partial charge in [-0.1, -0.05) is 0 Å². The molecule has 0 aliphatic carbocycles. The van der Waals surface area contributed by atoms with Gasteiger partial charge in [0.25, 0.3) is 0 Å². The number of aromatic carboxylic acids is 1. The molecule has 0 unspecified atom stereocenters. The van der Waals surface area contributed by atoms with Crippen LogP contribution in [-0.4, -0.2) is 42.4 Å². The summed E-state index contributed by atoms with van der Waals surface area (Å²) in [5, 5.41) is 8.85. The number of nitrogens with zero attached hydrogens (tertiary/aromatic N) is 2. The largest absolute Gasteiger partial charge is 0.478 e. The number of methoxy groups -OCH3 is 1. The fraction of sp³-hybridized carbons (Fsp3) is 0.500. The molecule has 2 rings (SSSR count). The molecule has 6 nitrogen and oxygen atoms in total. The number of pyridine rings is 1. The summed E-state index contributed by atoms with van der Waals surface area (Å²) in [7, 11) is 1.72. The van der Waals surface area contributed by atoms with Crippen molar-refractivity contribution in [1.82, 2.24) is 4.98 Å². The number of ether oxygens (including phenoxy) is 1. The fourth-order valence-electron chi connectivity index (χ4n) is 2.16. The van der Waals surface area contributed by atoms with Gasteiger partial charge in [-0.05, 0) is 18.9 Å². The van der Waals surface area contributed by atoms with Crippen LogP contribution in [0.15, 0.2) is 12.3 Å². The smallest absolute Gasteiger partial charge is 0.337 e. The molecule has 0 radical (unpaired) electrons. The normalized spacial score (nSPS) is 16.8. The van der Waals surface area contributed by atoms with Crippen LogP contribution in [0, 0.1) is 0 Å². The Hall–Kier alpha value is -1.82. The van der Waals surface area contributed by atoms with Gasteiger partial charge in [-0.25, -0.2) is 9.78 Å². The second-order valence-corrected chi connectivity index (χ2v) is 4.36. The third-order valence-electron chi connectivity index (χ3n) is 3.22. The Morgan fingerprint density at radius 1 is 1.56 bits per heavy atom. The molecule has 0 aromatic carbocycles. The van der Waals surface area contributed by atoms with Gasteiger partial charge in [-0.15, -0.1) is 0 Å². The zero-order valence-corrected chi connectivity index (χ0v) is 10.3. The first kappa shape index (κ1) is 12.6. The topological polar surface area (TPSA) is 88.7 Å². The Balaban J connectivity index is 2.12. The monoisotopic (exact) mass is 251 g/mol. The van der Waals surface area contributed by atoms with Crippen molar-refractivity contribution in [3.05, 3.63) is 17.8 Å². The molecule has 0 bridgehead atoms. The molecule has 98 valence electrons. The standard InChI is InChI=1S/C12H17N3O3/c1-18-9-2-4-15(5-3-9)11-10(13)6-8(7-14-11)12(16)17/h6-7,9H,2-5,13H2,1H3,(H,16,17). The zero-order valence-electron chi connectivity index (χ0n) is 10.3. The van der Waals surface area contributed by atoms with Crippen LogP contribution in [0.1, 0.15) is 23.2 Å². The number of anilines is 2. The molecule has 1 saturated heterocycles. The van der Waals surface area contributed by atoms with E-state index in [0.29, 0.717) is 17.6 Å². The van der Waals surface area contributed by atoms with Crippen molar-refractivity contribution in [2.24, 2.45) is 0 Å². The summed E-state index contributed by atoms with van der Waals surface area (Å²) in [6, 6.07) is 1.45. The van der Waals surface area contributed by atoms with Crippen LogP contribution >= 0.6 is 0 Å². The lowest BCUT2D eigenvalue weighted by Gasteiger charge is -2.32. The predicted octanol–water partition coefficient (Wildman–Crippen LogP) is 0.977. The lowest BCUT2D eigenvalue weighted by Crippen LogP contribution is -2.37. The predicted molar refractivity (Wildman–Crippen MR) is 67.9 cm³/mol. The number of hydrogen-bond donors (Lipinski definition) is 2. The van der Waals surface area contributed by atoms with E-state index in [0.717, 1.165) is 25.9 Å². The second-order valence-electron chi connectivity index (χ2n) is 4.36. The number of rotatable bonds is 3. The Morgan fingerprint density at radius 3 is 2.72 bits per heavy atom. The van der Waals surface area contributed by atoms with Gasteiger partial charge in [0, 0.05) is 26.4 Å². The molecular formula is C12H17N3O3. The van der Waals surface area contributed by atoms with Gasteiger partial charge in [0.2, 0.25) is 0 Å². The van der Waals surface area contributed by atoms with E-state index in [1.165, 1.54) is 12.3 Å². The molecule has 1 aliphatic rings. The number of carboxylic acid groups (broad SMARTS) is 1. The highest BCUT2D eigenvalue weighted by molar-refractivity contribution is 5.89. The van der Waals surface area contributed by atoms with Crippen LogP contribution in [0.5, 0.6) is 0 Å². The Kier molecular flexibility index (Phi) is 3.66. The van der Waals surface area contributed by atoms with Gasteiger partial charge in [-0.3, -0.25) is 0 Å². The minimum Gasteiger partial charge on any atom is -0.478 e. The second kappa shape index (κ2) is 5.22. The zero-order chi connectivity index (χ0) is 13.1. The molecular weight excluding hydrogens is 234 g/mol. The van der Waals surface area contributed by atoms with E-state index in [9.17, 15) is 4.79 Å². The molecule has 0 atom stereocenters. The van der Waals surface area contributed by atoms with E-state index in [-0.39, 0.29) is 5.56 Å². The van der Waals surface area contributed by atoms with Gasteiger partial charge in [0.15, 0.2) is 5.82 Å². The maximum atomic E-state index is 10.8. The van der Waals surface area contributed by atoms with Crippen LogP contribution in [-0.2, 0) is 4.74 Å². The lowest BCUT2D eigenvalue weighted by molar-refractivity contribution is 0.0696. The quantitative estimate of drug-likeness (QED) is 0.832. The molecule has 18 heavy (non-hydrogen) atoms. The molecule has 0 amide bonds. The molecule has 0 saturated carbocycles. The Bertz CT molecular complexity index is 442. The summed E-state index contributed by atoms with van der Waals surface area (Å²) in [5.41, 5.74) is 6.38. The summed E-state index contributed by atoms with van der Waals surface area (Å²) < 4.78 is 5.30. The number of carboxylic acids is 1. The van der Waals surface area contributed by atoms with Crippen molar-refractivity contribution in [3.8, 4) is 0 Å². The Morgan fingerprint density at radius 2 is 2.22 bits per heavy atom. The van der Waals surface area contributed by atoms with Crippen LogP contribution in [0.2, 0.25) is 0 Å². The highest BCUT2D eigenvalue weighted by Crippen LogP contribution is 2.25. The summed E-state index contributed by atoms with van der Waals surface area (Å²) in [6.07, 6.45) is 3.49. The first-order chi connectivity index (χ1) is 8.61. The number of nitrogens with two attached hydrogens (primary N) is 1. The van der Waals surface area contributed by atoms with Crippen molar-refractivity contribution in [2.45, 2.75) is 18.9 Å². The number of nitrogen functional groups attached to an aromatic ring is 1. The van der Waals surface area contributed by atoms with Crippen LogP contribution in [0.3, 0.4) is 0 Å². The summed E-state index contributed by atoms with van der Waals surface area (Å²) in [5.74, 6) is -0.353. The van der Waals surface area contributed by atoms with Gasteiger partial charge in [-0.2, -0.15) is 0 Å². The number of aromatic nitrogens is 1. The van der Waals surface area contributed by atoms with Crippen LogP contribution in [0.4, 0.5) is 11.5 Å². The summed E-state index contributed by atoms with van der Waals surface area (Å²) >= 11 is 0. The van der Waals surface area contributed by atoms with E-state index >= 15 is 0 Å². The van der Waals surface area contributed by atoms with E-state index in [1.807, 2.05) is 0 Å². The van der Waals surface area contributed by atoms with E-state index in [4.69, 9.17) is 15.6 Å². The highest BCUT2D eigenvalue weighted by atomic mass is 16.5. The van der Waals surface area contributed by atoms with Crippen LogP contribution < -0.4 is 10.6 Å². The van der Waals surface area contributed by atoms with Crippen LogP contribution in [0.25, 0.3) is 0 Å². The summed E-state index contributed by atoms with van der Waals surface area (Å²) in [6.45, 7) is 1.64. The molecule has 2 heterocycles. The maximum Gasteiger partial charge on any atom is 0.337 e. The molecule has 6 heteroatoms. The van der Waals surface area contributed by atoms with Crippen molar-refractivity contribution < 1.29 is 14.6 Å². The molecule has 0 spiro atoms. The molecule has 1 aromatic heterocycles. The molecule has 3 N–H and O–H groups in total. The lowest BCUT2D eigenvalue weighted by atomic mass is 10.1. The SMILES string of the molecule is COC1CCN(c2ncc(C(=O)O)cc2N)CC1. The number of hydrogen-bond acceptors (Lipinski definition) is 5. The average Bonchev–Trinajstić information content (AvgIpc) is 2.38. The third kappa shape index (κ3) is 2.53. The first-order valence-corrected chi connectivity index (χ1v) is 5.88. The third-order valence-corrected chi connectivity index (χ3v) is 3.22. The molecule has 1 fully saturated rings. The van der Waals surface area contributed by atoms with Crippen molar-refractivity contribution in [3.63, 3.8) is 0 Å². The number of carbonyl (C=O) groups is 1. The highest BCUT2D eigenvalue weighted by Gasteiger charge is 2.21. The van der Waals surface area contributed by atoms with Gasteiger partial charge in [0.05, 0.1) is 17.4 Å². The minimum atomic E-state index is -1.01. The van der Waals surface area contributed by atoms with E-state index < -0.39 is 5.97 Å². The van der Waals surface area contributed by atoms with Crippen molar-refractivity contribution in [1.29, 1.82) is 0 Å². The Labute approximate surface area is 105 Å². The minimum absolute atomic E-state index is 0.114. The van der Waals surface area contributed by atoms with Crippen molar-refractivity contribution >= 4 is 17.5 Å². The first-order valence-electron chi connectivity index (χ1n) is 5.88. The summed E-state index contributed by atoms with van der Waals surface area (Å²) in [4.78, 5) is 17.0. The van der Waals surface area contributed by atoms with Crippen molar-refractivity contribution in [2.75, 3.05) is 30.8 Å². The maximum absolute atomic E-state index is 10.8. The van der Waals surface area contributed by atoms with Gasteiger partial charge in [0.1, 0.15) is 0 Å². The molecule has 1 aliphatic heterocycles. The fourth-order valence-corrected chi connectivity index (χ4v) is 2.16. The van der Waals surface area contributed by atoms with E-state index in [1.54, 1.807) is 7.11 Å². The van der Waals surface area contributed by atoms with Gasteiger partial charge >= 0.3 is 5.97 Å². The number of piperidine rings is 1. The molecule has 1 aromatic rings. The van der Waals surface area contributed by atoms with E-state index in [2.05, 4.69) is 9.88 Å². The van der Waals surface area contributed by atoms with Gasteiger partial charge < -0.3 is 20.5 Å². The average molecular weight is 251 g/mol.